The Morgan fingerprint density at radius 1 is 1.11 bits per heavy atom. The fourth-order valence-corrected chi connectivity index (χ4v) is 2.00. The Balaban J connectivity index is 2.67. The van der Waals surface area contributed by atoms with Gasteiger partial charge in [0.1, 0.15) is 0 Å². The first-order valence-electron chi connectivity index (χ1n) is 6.27. The Morgan fingerprint density at radius 3 is 2.11 bits per heavy atom. The van der Waals surface area contributed by atoms with Crippen LogP contribution in [-0.4, -0.2) is 6.04 Å². The lowest BCUT2D eigenvalue weighted by molar-refractivity contribution is -0.137. The Morgan fingerprint density at radius 2 is 1.67 bits per heavy atom. The molecule has 0 fully saturated rings. The van der Waals surface area contributed by atoms with Crippen molar-refractivity contribution < 1.29 is 13.2 Å². The molecule has 0 spiro atoms. The SMILES string of the molecule is CCCC(C)NC(C)c1ccc(C(F)(F)F)cc1. The zero-order valence-corrected chi connectivity index (χ0v) is 11.0. The second-order valence-corrected chi connectivity index (χ2v) is 4.70. The molecule has 0 saturated carbocycles. The summed E-state index contributed by atoms with van der Waals surface area (Å²) in [4.78, 5) is 0. The summed E-state index contributed by atoms with van der Waals surface area (Å²) in [7, 11) is 0. The highest BCUT2D eigenvalue weighted by Crippen LogP contribution is 2.29. The van der Waals surface area contributed by atoms with Crippen molar-refractivity contribution in [1.29, 1.82) is 0 Å². The van der Waals surface area contributed by atoms with Gasteiger partial charge in [-0.15, -0.1) is 0 Å². The van der Waals surface area contributed by atoms with Gasteiger partial charge in [-0.25, -0.2) is 0 Å². The highest BCUT2D eigenvalue weighted by Gasteiger charge is 2.30. The van der Waals surface area contributed by atoms with E-state index in [0.717, 1.165) is 30.5 Å². The van der Waals surface area contributed by atoms with Crippen LogP contribution in [0.1, 0.15) is 50.8 Å². The summed E-state index contributed by atoms with van der Waals surface area (Å²) >= 11 is 0. The van der Waals surface area contributed by atoms with Crippen LogP contribution in [-0.2, 0) is 6.18 Å². The second kappa shape index (κ2) is 6.23. The molecule has 1 nitrogen and oxygen atoms in total. The maximum atomic E-state index is 12.4. The van der Waals surface area contributed by atoms with Gasteiger partial charge < -0.3 is 5.32 Å². The van der Waals surface area contributed by atoms with Crippen molar-refractivity contribution in [3.05, 3.63) is 35.4 Å². The zero-order chi connectivity index (χ0) is 13.8. The Kier molecular flexibility index (Phi) is 5.20. The van der Waals surface area contributed by atoms with Crippen LogP contribution in [0.4, 0.5) is 13.2 Å². The maximum absolute atomic E-state index is 12.4. The zero-order valence-electron chi connectivity index (χ0n) is 11.0. The van der Waals surface area contributed by atoms with E-state index in [1.165, 1.54) is 0 Å². The maximum Gasteiger partial charge on any atom is 0.416 e. The van der Waals surface area contributed by atoms with E-state index in [0.29, 0.717) is 6.04 Å². The largest absolute Gasteiger partial charge is 0.416 e. The molecule has 0 radical (unpaired) electrons. The van der Waals surface area contributed by atoms with Crippen molar-refractivity contribution in [3.8, 4) is 0 Å². The molecule has 1 N–H and O–H groups in total. The normalized spacial score (nSPS) is 15.4. The molecule has 2 unspecified atom stereocenters. The fourth-order valence-electron chi connectivity index (χ4n) is 2.00. The minimum absolute atomic E-state index is 0.0637. The van der Waals surface area contributed by atoms with Gasteiger partial charge in [-0.3, -0.25) is 0 Å². The van der Waals surface area contributed by atoms with Crippen LogP contribution in [0.25, 0.3) is 0 Å². The molecule has 0 saturated heterocycles. The number of rotatable bonds is 5. The van der Waals surface area contributed by atoms with E-state index in [1.54, 1.807) is 12.1 Å². The summed E-state index contributed by atoms with van der Waals surface area (Å²) in [5, 5.41) is 3.37. The lowest BCUT2D eigenvalue weighted by atomic mass is 10.0. The van der Waals surface area contributed by atoms with E-state index in [2.05, 4.69) is 19.2 Å². The van der Waals surface area contributed by atoms with Crippen LogP contribution in [0.2, 0.25) is 0 Å². The lowest BCUT2D eigenvalue weighted by Gasteiger charge is -2.20. The van der Waals surface area contributed by atoms with Crippen molar-refractivity contribution in [1.82, 2.24) is 5.32 Å². The molecule has 18 heavy (non-hydrogen) atoms. The average Bonchev–Trinajstić information content (AvgIpc) is 2.28. The summed E-state index contributed by atoms with van der Waals surface area (Å²) in [5.74, 6) is 0. The molecular weight excluding hydrogens is 239 g/mol. The first kappa shape index (κ1) is 15.0. The van der Waals surface area contributed by atoms with Gasteiger partial charge in [-0.05, 0) is 38.0 Å². The Labute approximate surface area is 106 Å². The molecule has 0 aliphatic carbocycles. The van der Waals surface area contributed by atoms with E-state index >= 15 is 0 Å². The van der Waals surface area contributed by atoms with E-state index in [4.69, 9.17) is 0 Å². The third kappa shape index (κ3) is 4.33. The molecule has 102 valence electrons. The van der Waals surface area contributed by atoms with Gasteiger partial charge in [0.15, 0.2) is 0 Å². The highest BCUT2D eigenvalue weighted by molar-refractivity contribution is 5.26. The monoisotopic (exact) mass is 259 g/mol. The number of hydrogen-bond donors (Lipinski definition) is 1. The third-order valence-corrected chi connectivity index (χ3v) is 2.99. The van der Waals surface area contributed by atoms with Gasteiger partial charge in [0.05, 0.1) is 5.56 Å². The minimum Gasteiger partial charge on any atom is -0.308 e. The second-order valence-electron chi connectivity index (χ2n) is 4.70. The summed E-state index contributed by atoms with van der Waals surface area (Å²) < 4.78 is 37.2. The van der Waals surface area contributed by atoms with Crippen LogP contribution in [0.15, 0.2) is 24.3 Å². The van der Waals surface area contributed by atoms with Gasteiger partial charge in [-0.2, -0.15) is 13.2 Å². The molecule has 1 rings (SSSR count). The van der Waals surface area contributed by atoms with E-state index in [1.807, 2.05) is 6.92 Å². The molecule has 4 heteroatoms. The van der Waals surface area contributed by atoms with Crippen LogP contribution < -0.4 is 5.32 Å². The van der Waals surface area contributed by atoms with Crippen molar-refractivity contribution in [2.24, 2.45) is 0 Å². The van der Waals surface area contributed by atoms with Crippen LogP contribution in [0, 0.1) is 0 Å². The predicted octanol–water partition coefficient (Wildman–Crippen LogP) is 4.54. The first-order valence-corrected chi connectivity index (χ1v) is 6.27. The summed E-state index contributed by atoms with van der Waals surface area (Å²) in [6.45, 7) is 6.17. The molecule has 1 aromatic carbocycles. The van der Waals surface area contributed by atoms with Crippen LogP contribution >= 0.6 is 0 Å². The van der Waals surface area contributed by atoms with Crippen molar-refractivity contribution >= 4 is 0 Å². The van der Waals surface area contributed by atoms with Gasteiger partial charge in [0.2, 0.25) is 0 Å². The molecular formula is C14H20F3N. The minimum atomic E-state index is -4.26. The molecule has 2 atom stereocenters. The van der Waals surface area contributed by atoms with Crippen molar-refractivity contribution in [3.63, 3.8) is 0 Å². The van der Waals surface area contributed by atoms with Gasteiger partial charge in [0, 0.05) is 12.1 Å². The number of halogens is 3. The average molecular weight is 259 g/mol. The van der Waals surface area contributed by atoms with Gasteiger partial charge >= 0.3 is 6.18 Å². The fraction of sp³-hybridized carbons (Fsp3) is 0.571. The lowest BCUT2D eigenvalue weighted by Crippen LogP contribution is -2.28. The van der Waals surface area contributed by atoms with Crippen molar-refractivity contribution in [2.75, 3.05) is 0 Å². The number of alkyl halides is 3. The summed E-state index contributed by atoms with van der Waals surface area (Å²) in [6.07, 6.45) is -2.11. The number of benzene rings is 1. The Bertz CT molecular complexity index is 356. The quantitative estimate of drug-likeness (QED) is 0.818. The van der Waals surface area contributed by atoms with Crippen LogP contribution in [0.3, 0.4) is 0 Å². The van der Waals surface area contributed by atoms with Gasteiger partial charge in [0.25, 0.3) is 0 Å². The molecule has 0 aliphatic rings. The Hall–Kier alpha value is -1.03. The molecule has 0 amide bonds. The molecule has 0 aromatic heterocycles. The van der Waals surface area contributed by atoms with E-state index < -0.39 is 11.7 Å². The first-order chi connectivity index (χ1) is 8.34. The smallest absolute Gasteiger partial charge is 0.308 e. The van der Waals surface area contributed by atoms with E-state index in [-0.39, 0.29) is 6.04 Å². The molecule has 1 aromatic rings. The van der Waals surface area contributed by atoms with E-state index in [9.17, 15) is 13.2 Å². The summed E-state index contributed by atoms with van der Waals surface area (Å²) in [6, 6.07) is 5.79. The topological polar surface area (TPSA) is 12.0 Å². The number of nitrogens with one attached hydrogen (secondary N) is 1. The van der Waals surface area contributed by atoms with Crippen molar-refractivity contribution in [2.45, 2.75) is 51.9 Å². The molecule has 0 heterocycles. The summed E-state index contributed by atoms with van der Waals surface area (Å²) in [5.41, 5.74) is 0.283. The highest BCUT2D eigenvalue weighted by atomic mass is 19.4. The molecule has 0 aliphatic heterocycles. The predicted molar refractivity (Wildman–Crippen MR) is 67.4 cm³/mol. The van der Waals surface area contributed by atoms with Gasteiger partial charge in [-0.1, -0.05) is 25.5 Å². The molecule has 0 bridgehead atoms. The van der Waals surface area contributed by atoms with Crippen LogP contribution in [0.5, 0.6) is 0 Å². The third-order valence-electron chi connectivity index (χ3n) is 2.99. The number of hydrogen-bond acceptors (Lipinski definition) is 1. The standard InChI is InChI=1S/C14H20F3N/c1-4-5-10(2)18-11(3)12-6-8-13(9-7-12)14(15,16)17/h6-11,18H,4-5H2,1-3H3.